The Morgan fingerprint density at radius 3 is 2.32 bits per heavy atom. The Morgan fingerprint density at radius 2 is 1.76 bits per heavy atom. The first-order chi connectivity index (χ1) is 11.9. The van der Waals surface area contributed by atoms with Crippen LogP contribution in [0, 0.1) is 0 Å². The van der Waals surface area contributed by atoms with Crippen molar-refractivity contribution in [2.24, 2.45) is 0 Å². The number of pyridine rings is 1. The Balaban J connectivity index is 1.71. The summed E-state index contributed by atoms with van der Waals surface area (Å²) in [7, 11) is 0. The summed E-state index contributed by atoms with van der Waals surface area (Å²) in [6.07, 6.45) is 3.27. The van der Waals surface area contributed by atoms with Crippen LogP contribution in [0.2, 0.25) is 0 Å². The van der Waals surface area contributed by atoms with Gasteiger partial charge in [-0.15, -0.1) is 0 Å². The molecule has 1 aliphatic rings. The third-order valence-electron chi connectivity index (χ3n) is 4.49. The van der Waals surface area contributed by atoms with Gasteiger partial charge in [-0.3, -0.25) is 4.98 Å². The number of benzene rings is 1. The molecule has 7 heteroatoms. The molecule has 1 aromatic heterocycles. The molecule has 0 saturated heterocycles. The average Bonchev–Trinajstić information content (AvgIpc) is 3.05. The number of halogens is 3. The summed E-state index contributed by atoms with van der Waals surface area (Å²) in [6, 6.07) is 8.74. The molecule has 3 nitrogen and oxygen atoms in total. The van der Waals surface area contributed by atoms with E-state index >= 15 is 0 Å². The van der Waals surface area contributed by atoms with Gasteiger partial charge >= 0.3 is 6.18 Å². The molecule has 1 fully saturated rings. The van der Waals surface area contributed by atoms with E-state index in [4.69, 9.17) is 12.2 Å². The van der Waals surface area contributed by atoms with E-state index in [0.717, 1.165) is 43.4 Å². The van der Waals surface area contributed by atoms with Crippen LogP contribution in [0.4, 0.5) is 18.9 Å². The third-order valence-corrected chi connectivity index (χ3v) is 4.70. The molecule has 0 unspecified atom stereocenters. The maximum Gasteiger partial charge on any atom is 0.416 e. The lowest BCUT2D eigenvalue weighted by Gasteiger charge is -2.32. The molecule has 1 saturated carbocycles. The van der Waals surface area contributed by atoms with Crippen molar-refractivity contribution < 1.29 is 13.2 Å². The fourth-order valence-electron chi connectivity index (χ4n) is 3.23. The van der Waals surface area contributed by atoms with E-state index in [2.05, 4.69) is 15.6 Å². The third kappa shape index (κ3) is 4.10. The first-order valence-electron chi connectivity index (χ1n) is 8.06. The van der Waals surface area contributed by atoms with Crippen LogP contribution < -0.4 is 10.6 Å². The van der Waals surface area contributed by atoms with E-state index in [9.17, 15) is 13.2 Å². The van der Waals surface area contributed by atoms with Crippen LogP contribution in [0.25, 0.3) is 0 Å². The van der Waals surface area contributed by atoms with Gasteiger partial charge in [0.2, 0.25) is 0 Å². The number of hydrogen-bond acceptors (Lipinski definition) is 2. The molecular weight excluding hydrogens is 347 g/mol. The average molecular weight is 365 g/mol. The number of nitrogens with one attached hydrogen (secondary N) is 2. The van der Waals surface area contributed by atoms with E-state index in [0.29, 0.717) is 10.8 Å². The van der Waals surface area contributed by atoms with Gasteiger partial charge in [0.25, 0.3) is 0 Å². The number of alkyl halides is 3. The Morgan fingerprint density at radius 1 is 1.08 bits per heavy atom. The molecule has 1 aromatic carbocycles. The summed E-state index contributed by atoms with van der Waals surface area (Å²) in [5, 5.41) is 6.73. The monoisotopic (exact) mass is 365 g/mol. The van der Waals surface area contributed by atoms with Crippen molar-refractivity contribution in [3.05, 3.63) is 59.9 Å². The minimum absolute atomic E-state index is 0.274. The molecule has 25 heavy (non-hydrogen) atoms. The number of rotatable bonds is 3. The van der Waals surface area contributed by atoms with Crippen LogP contribution in [0.3, 0.4) is 0 Å². The Kier molecular flexibility index (Phi) is 4.94. The van der Waals surface area contributed by atoms with Gasteiger partial charge in [0.05, 0.1) is 11.1 Å². The highest BCUT2D eigenvalue weighted by molar-refractivity contribution is 7.80. The van der Waals surface area contributed by atoms with Crippen molar-refractivity contribution in [3.63, 3.8) is 0 Å². The highest BCUT2D eigenvalue weighted by Crippen LogP contribution is 2.38. The van der Waals surface area contributed by atoms with Gasteiger partial charge in [-0.25, -0.2) is 0 Å². The van der Waals surface area contributed by atoms with Crippen molar-refractivity contribution in [1.82, 2.24) is 10.3 Å². The number of hydrogen-bond donors (Lipinski definition) is 2. The summed E-state index contributed by atoms with van der Waals surface area (Å²) in [5.74, 6) is 0. The Labute approximate surface area is 149 Å². The summed E-state index contributed by atoms with van der Waals surface area (Å²) in [5.41, 5.74) is 0.637. The predicted octanol–water partition coefficient (Wildman–Crippen LogP) is 4.86. The SMILES string of the molecule is FC(F)(F)c1ccc(NC(=S)NC2(c3cccnc3)CCCC2)cc1. The molecule has 0 atom stereocenters. The maximum absolute atomic E-state index is 12.6. The standard InChI is InChI=1S/C18H18F3N3S/c19-18(20,21)13-5-7-15(8-6-13)23-16(25)24-17(9-1-2-10-17)14-4-3-11-22-12-14/h3-8,11-12H,1-2,9-10H2,(H2,23,24,25). The van der Waals surface area contributed by atoms with Gasteiger partial charge in [-0.2, -0.15) is 13.2 Å². The van der Waals surface area contributed by atoms with Gasteiger partial charge in [-0.05, 0) is 61.0 Å². The molecule has 1 aliphatic carbocycles. The Hall–Kier alpha value is -2.15. The molecule has 3 rings (SSSR count). The first kappa shape index (κ1) is 17.7. The van der Waals surface area contributed by atoms with Crippen LogP contribution in [0.1, 0.15) is 36.8 Å². The smallest absolute Gasteiger partial charge is 0.353 e. The van der Waals surface area contributed by atoms with Crippen molar-refractivity contribution >= 4 is 23.0 Å². The summed E-state index contributed by atoms with van der Waals surface area (Å²) < 4.78 is 37.9. The van der Waals surface area contributed by atoms with E-state index in [1.165, 1.54) is 12.1 Å². The lowest BCUT2D eigenvalue weighted by molar-refractivity contribution is -0.137. The van der Waals surface area contributed by atoms with Crippen LogP contribution in [-0.2, 0) is 11.7 Å². The highest BCUT2D eigenvalue weighted by atomic mass is 32.1. The second kappa shape index (κ2) is 7.00. The molecular formula is C18H18F3N3S. The lowest BCUT2D eigenvalue weighted by Crippen LogP contribution is -2.45. The van der Waals surface area contributed by atoms with E-state index in [-0.39, 0.29) is 5.54 Å². The van der Waals surface area contributed by atoms with E-state index in [1.54, 1.807) is 6.20 Å². The predicted molar refractivity (Wildman–Crippen MR) is 95.2 cm³/mol. The first-order valence-corrected chi connectivity index (χ1v) is 8.47. The molecule has 0 radical (unpaired) electrons. The second-order valence-electron chi connectivity index (χ2n) is 6.19. The highest BCUT2D eigenvalue weighted by Gasteiger charge is 2.36. The van der Waals surface area contributed by atoms with Gasteiger partial charge in [0, 0.05) is 18.1 Å². The number of thiocarbonyl (C=S) groups is 1. The zero-order valence-corrected chi connectivity index (χ0v) is 14.3. The quantitative estimate of drug-likeness (QED) is 0.762. The van der Waals surface area contributed by atoms with Crippen LogP contribution in [0.5, 0.6) is 0 Å². The van der Waals surface area contributed by atoms with Gasteiger partial charge < -0.3 is 10.6 Å². The normalized spacial score (nSPS) is 16.4. The van der Waals surface area contributed by atoms with Crippen molar-refractivity contribution in [2.45, 2.75) is 37.4 Å². The maximum atomic E-state index is 12.6. The minimum Gasteiger partial charge on any atom is -0.353 e. The van der Waals surface area contributed by atoms with Gasteiger partial charge in [-0.1, -0.05) is 18.9 Å². The topological polar surface area (TPSA) is 37.0 Å². The van der Waals surface area contributed by atoms with Crippen LogP contribution >= 0.6 is 12.2 Å². The molecule has 0 bridgehead atoms. The number of aromatic nitrogens is 1. The van der Waals surface area contributed by atoms with Crippen LogP contribution in [0.15, 0.2) is 48.8 Å². The van der Waals surface area contributed by atoms with Crippen LogP contribution in [-0.4, -0.2) is 10.1 Å². The molecule has 132 valence electrons. The molecule has 2 N–H and O–H groups in total. The van der Waals surface area contributed by atoms with Crippen molar-refractivity contribution in [1.29, 1.82) is 0 Å². The Bertz CT molecular complexity index is 723. The number of nitrogens with zero attached hydrogens (tertiary/aromatic N) is 1. The fraction of sp³-hybridized carbons (Fsp3) is 0.333. The van der Waals surface area contributed by atoms with Crippen molar-refractivity contribution in [2.75, 3.05) is 5.32 Å². The fourth-order valence-corrected chi connectivity index (χ4v) is 3.55. The van der Waals surface area contributed by atoms with E-state index < -0.39 is 11.7 Å². The molecule has 2 aromatic rings. The largest absolute Gasteiger partial charge is 0.416 e. The zero-order valence-electron chi connectivity index (χ0n) is 13.4. The summed E-state index contributed by atoms with van der Waals surface area (Å²) in [4.78, 5) is 4.19. The molecule has 0 spiro atoms. The summed E-state index contributed by atoms with van der Waals surface area (Å²) >= 11 is 5.39. The lowest BCUT2D eigenvalue weighted by atomic mass is 9.89. The zero-order chi connectivity index (χ0) is 17.9. The number of anilines is 1. The minimum atomic E-state index is -4.34. The summed E-state index contributed by atoms with van der Waals surface area (Å²) in [6.45, 7) is 0. The van der Waals surface area contributed by atoms with Gasteiger partial charge in [0.15, 0.2) is 5.11 Å². The van der Waals surface area contributed by atoms with Gasteiger partial charge in [0.1, 0.15) is 0 Å². The molecule has 0 amide bonds. The molecule has 1 heterocycles. The van der Waals surface area contributed by atoms with Crippen molar-refractivity contribution in [3.8, 4) is 0 Å². The second-order valence-corrected chi connectivity index (χ2v) is 6.59. The molecule has 0 aliphatic heterocycles. The van der Waals surface area contributed by atoms with E-state index in [1.807, 2.05) is 18.3 Å².